The van der Waals surface area contributed by atoms with Crippen molar-refractivity contribution in [1.82, 2.24) is 9.97 Å². The molecule has 10 nitrogen and oxygen atoms in total. The predicted octanol–water partition coefficient (Wildman–Crippen LogP) is 1.19. The Morgan fingerprint density at radius 3 is 2.65 bits per heavy atom. The number of rotatable bonds is 4. The van der Waals surface area contributed by atoms with Gasteiger partial charge < -0.3 is 21.3 Å². The minimum absolute atomic E-state index is 0.0678. The lowest BCUT2D eigenvalue weighted by Crippen LogP contribution is -2.41. The first-order chi connectivity index (χ1) is 14.8. The number of H-pyrrole nitrogens is 1. The zero-order valence-electron chi connectivity index (χ0n) is 16.5. The van der Waals surface area contributed by atoms with Gasteiger partial charge in [0.25, 0.3) is 5.56 Å². The monoisotopic (exact) mass is 444 g/mol. The topological polar surface area (TPSA) is 150 Å². The number of nitrogens with one attached hydrogen (secondary N) is 3. The number of fused-ring (bicyclic) bond motifs is 1. The third-order valence-corrected chi connectivity index (χ3v) is 5.78. The molecular formula is C20H21ClN6O4. The molecule has 2 aliphatic heterocycles. The summed E-state index contributed by atoms with van der Waals surface area (Å²) in [5.41, 5.74) is 5.44. The van der Waals surface area contributed by atoms with Crippen molar-refractivity contribution in [3.8, 4) is 0 Å². The molecule has 1 atom stereocenters. The number of hydrogen-bond donors (Lipinski definition) is 4. The maximum atomic E-state index is 12.9. The third-order valence-electron chi connectivity index (χ3n) is 5.54. The van der Waals surface area contributed by atoms with Gasteiger partial charge in [-0.15, -0.1) is 0 Å². The number of primary amides is 1. The van der Waals surface area contributed by atoms with E-state index in [1.165, 1.54) is 0 Å². The Kier molecular flexibility index (Phi) is 5.64. The van der Waals surface area contributed by atoms with Crippen LogP contribution >= 0.6 is 11.6 Å². The van der Waals surface area contributed by atoms with E-state index in [9.17, 15) is 19.2 Å². The van der Waals surface area contributed by atoms with Gasteiger partial charge in [0.05, 0.1) is 11.5 Å². The molecule has 0 bridgehead atoms. The van der Waals surface area contributed by atoms with Crippen molar-refractivity contribution in [2.75, 3.05) is 28.6 Å². The van der Waals surface area contributed by atoms with Crippen LogP contribution in [0.4, 0.5) is 17.5 Å². The molecule has 0 unspecified atom stereocenters. The number of amides is 3. The molecule has 1 aromatic heterocycles. The van der Waals surface area contributed by atoms with Crippen LogP contribution in [0.2, 0.25) is 5.02 Å². The molecule has 1 saturated heterocycles. The van der Waals surface area contributed by atoms with Crippen LogP contribution in [0.5, 0.6) is 0 Å². The number of carbonyl (C=O) groups excluding carboxylic acids is 3. The molecule has 3 amide bonds. The van der Waals surface area contributed by atoms with Crippen molar-refractivity contribution >= 4 is 46.8 Å². The van der Waals surface area contributed by atoms with Gasteiger partial charge in [0.2, 0.25) is 23.7 Å². The lowest BCUT2D eigenvalue weighted by atomic mass is 9.92. The second-order valence-corrected chi connectivity index (χ2v) is 8.06. The van der Waals surface area contributed by atoms with Gasteiger partial charge in [-0.2, -0.15) is 4.98 Å². The fourth-order valence-electron chi connectivity index (χ4n) is 3.90. The predicted molar refractivity (Wildman–Crippen MR) is 115 cm³/mol. The van der Waals surface area contributed by atoms with Crippen LogP contribution in [-0.2, 0) is 14.4 Å². The molecule has 31 heavy (non-hydrogen) atoms. The number of anilines is 3. The molecule has 0 aliphatic carbocycles. The highest BCUT2D eigenvalue weighted by Gasteiger charge is 2.35. The van der Waals surface area contributed by atoms with Crippen LogP contribution in [0.3, 0.4) is 0 Å². The maximum absolute atomic E-state index is 12.9. The highest BCUT2D eigenvalue weighted by Crippen LogP contribution is 2.31. The average molecular weight is 445 g/mol. The average Bonchev–Trinajstić information content (AvgIpc) is 2.72. The SMILES string of the molecule is NC(=O)C1CCN(c2nc3c(c(=O)[nH]2)[C@H](C(=O)Nc2cccc(Cl)c2)CC(=O)N3)CC1. The fraction of sp³-hybridized carbons (Fsp3) is 0.350. The molecule has 0 saturated carbocycles. The van der Waals surface area contributed by atoms with Gasteiger partial charge in [-0.05, 0) is 31.0 Å². The summed E-state index contributed by atoms with van der Waals surface area (Å²) in [5.74, 6) is -2.10. The van der Waals surface area contributed by atoms with E-state index in [0.29, 0.717) is 36.6 Å². The Hall–Kier alpha value is -3.40. The molecule has 11 heteroatoms. The van der Waals surface area contributed by atoms with Crippen LogP contribution in [0.25, 0.3) is 0 Å². The van der Waals surface area contributed by atoms with Crippen molar-refractivity contribution in [1.29, 1.82) is 0 Å². The lowest BCUT2D eigenvalue weighted by Gasteiger charge is -2.32. The van der Waals surface area contributed by atoms with Crippen molar-refractivity contribution in [2.24, 2.45) is 11.7 Å². The number of halogens is 1. The largest absolute Gasteiger partial charge is 0.369 e. The number of aromatic amines is 1. The molecule has 2 aliphatic rings. The molecule has 5 N–H and O–H groups in total. The fourth-order valence-corrected chi connectivity index (χ4v) is 4.09. The number of nitrogens with zero attached hydrogens (tertiary/aromatic N) is 2. The Morgan fingerprint density at radius 2 is 1.97 bits per heavy atom. The first-order valence-corrected chi connectivity index (χ1v) is 10.2. The number of piperidine rings is 1. The van der Waals surface area contributed by atoms with Crippen LogP contribution in [-0.4, -0.2) is 40.8 Å². The molecule has 4 rings (SSSR count). The summed E-state index contributed by atoms with van der Waals surface area (Å²) < 4.78 is 0. The Morgan fingerprint density at radius 1 is 1.23 bits per heavy atom. The first kappa shape index (κ1) is 20.9. The Balaban J connectivity index is 1.59. The number of carbonyl (C=O) groups is 3. The van der Waals surface area contributed by atoms with Crippen molar-refractivity contribution in [2.45, 2.75) is 25.2 Å². The van der Waals surface area contributed by atoms with E-state index in [-0.39, 0.29) is 35.6 Å². The van der Waals surface area contributed by atoms with E-state index >= 15 is 0 Å². The standard InChI is InChI=1S/C20H21ClN6O4/c21-11-2-1-3-12(8-11)23-18(30)13-9-14(28)24-17-15(13)19(31)26-20(25-17)27-6-4-10(5-7-27)16(22)29/h1-3,8,10,13H,4-7,9H2,(H2,22,29)(H,23,30)(H2,24,25,26,28,31)/t13-/m1/s1. The van der Waals surface area contributed by atoms with Crippen molar-refractivity contribution in [3.05, 3.63) is 45.2 Å². The molecule has 162 valence electrons. The highest BCUT2D eigenvalue weighted by atomic mass is 35.5. The second kappa shape index (κ2) is 8.38. The van der Waals surface area contributed by atoms with Gasteiger partial charge in [0.1, 0.15) is 5.82 Å². The van der Waals surface area contributed by atoms with Gasteiger partial charge in [0, 0.05) is 36.1 Å². The van der Waals surface area contributed by atoms with E-state index in [1.807, 2.05) is 4.90 Å². The zero-order chi connectivity index (χ0) is 22.1. The molecule has 0 radical (unpaired) electrons. The summed E-state index contributed by atoms with van der Waals surface area (Å²) in [4.78, 5) is 58.3. The van der Waals surface area contributed by atoms with Crippen LogP contribution in [0.1, 0.15) is 30.7 Å². The number of hydrogen-bond acceptors (Lipinski definition) is 6. The summed E-state index contributed by atoms with van der Waals surface area (Å²) in [6, 6.07) is 6.59. The third kappa shape index (κ3) is 4.38. The lowest BCUT2D eigenvalue weighted by molar-refractivity contribution is -0.123. The second-order valence-electron chi connectivity index (χ2n) is 7.62. The summed E-state index contributed by atoms with van der Waals surface area (Å²) in [5, 5.41) is 5.74. The summed E-state index contributed by atoms with van der Waals surface area (Å²) in [6.07, 6.45) is 0.924. The van der Waals surface area contributed by atoms with Gasteiger partial charge in [-0.1, -0.05) is 17.7 Å². The molecule has 2 aromatic rings. The van der Waals surface area contributed by atoms with E-state index in [1.54, 1.807) is 24.3 Å². The van der Waals surface area contributed by atoms with E-state index in [0.717, 1.165) is 0 Å². The number of nitrogens with two attached hydrogens (primary N) is 1. The van der Waals surface area contributed by atoms with Crippen LogP contribution < -0.4 is 26.8 Å². The molecule has 3 heterocycles. The summed E-state index contributed by atoms with van der Waals surface area (Å²) in [6.45, 7) is 0.976. The molecule has 0 spiro atoms. The minimum atomic E-state index is -0.992. The minimum Gasteiger partial charge on any atom is -0.369 e. The molecule has 1 fully saturated rings. The molecular weight excluding hydrogens is 424 g/mol. The highest BCUT2D eigenvalue weighted by molar-refractivity contribution is 6.30. The molecule has 1 aromatic carbocycles. The van der Waals surface area contributed by atoms with Crippen LogP contribution in [0, 0.1) is 5.92 Å². The van der Waals surface area contributed by atoms with Crippen molar-refractivity contribution in [3.63, 3.8) is 0 Å². The smallest absolute Gasteiger partial charge is 0.258 e. The maximum Gasteiger partial charge on any atom is 0.258 e. The van der Waals surface area contributed by atoms with Crippen molar-refractivity contribution < 1.29 is 14.4 Å². The quantitative estimate of drug-likeness (QED) is 0.556. The Bertz CT molecular complexity index is 1110. The number of benzene rings is 1. The summed E-state index contributed by atoms with van der Waals surface area (Å²) >= 11 is 5.95. The Labute approximate surface area is 182 Å². The van der Waals surface area contributed by atoms with E-state index < -0.39 is 23.3 Å². The normalized spacial score (nSPS) is 18.8. The number of aromatic nitrogens is 2. The van der Waals surface area contributed by atoms with Gasteiger partial charge in [0.15, 0.2) is 0 Å². The van der Waals surface area contributed by atoms with Gasteiger partial charge in [-0.25, -0.2) is 0 Å². The van der Waals surface area contributed by atoms with Gasteiger partial charge >= 0.3 is 0 Å². The summed E-state index contributed by atoms with van der Waals surface area (Å²) in [7, 11) is 0. The first-order valence-electron chi connectivity index (χ1n) is 9.86. The van der Waals surface area contributed by atoms with E-state index in [4.69, 9.17) is 17.3 Å². The zero-order valence-corrected chi connectivity index (χ0v) is 17.2. The van der Waals surface area contributed by atoms with Crippen LogP contribution in [0.15, 0.2) is 29.1 Å². The van der Waals surface area contributed by atoms with Gasteiger partial charge in [-0.3, -0.25) is 24.2 Å². The van der Waals surface area contributed by atoms with E-state index in [2.05, 4.69) is 20.6 Å².